The molecule has 0 saturated carbocycles. The molecule has 1 amide bonds. The summed E-state index contributed by atoms with van der Waals surface area (Å²) in [5.74, 6) is -1.16. The van der Waals surface area contributed by atoms with E-state index in [1.807, 2.05) is 17.5 Å². The molecule has 92 valence electrons. The molecule has 0 fully saturated rings. The zero-order chi connectivity index (χ0) is 12.7. The van der Waals surface area contributed by atoms with Crippen molar-refractivity contribution < 1.29 is 14.7 Å². The third-order valence-corrected chi connectivity index (χ3v) is 3.13. The first-order valence-electron chi connectivity index (χ1n) is 5.26. The Morgan fingerprint density at radius 2 is 2.29 bits per heavy atom. The highest BCUT2D eigenvalue weighted by molar-refractivity contribution is 7.09. The maximum atomic E-state index is 11.8. The van der Waals surface area contributed by atoms with Crippen molar-refractivity contribution in [2.24, 2.45) is 0 Å². The average molecular weight is 253 g/mol. The molecule has 0 aliphatic carbocycles. The van der Waals surface area contributed by atoms with Crippen molar-refractivity contribution >= 4 is 23.2 Å². The third kappa shape index (κ3) is 4.82. The van der Waals surface area contributed by atoms with Crippen LogP contribution in [0.5, 0.6) is 0 Å². The number of hydrogen-bond donors (Lipinski definition) is 1. The number of hydrogen-bond acceptors (Lipinski definition) is 3. The molecular formula is C12H15NO3S. The zero-order valence-corrected chi connectivity index (χ0v) is 10.3. The molecule has 0 radical (unpaired) electrons. The first kappa shape index (κ1) is 13.4. The molecule has 0 aromatic carbocycles. The third-order valence-electron chi connectivity index (χ3n) is 2.19. The van der Waals surface area contributed by atoms with E-state index in [2.05, 4.69) is 6.58 Å². The lowest BCUT2D eigenvalue weighted by atomic mass is 10.2. The van der Waals surface area contributed by atoms with Gasteiger partial charge < -0.3 is 10.0 Å². The highest BCUT2D eigenvalue weighted by Crippen LogP contribution is 2.11. The lowest BCUT2D eigenvalue weighted by Crippen LogP contribution is -2.35. The zero-order valence-electron chi connectivity index (χ0n) is 9.46. The van der Waals surface area contributed by atoms with Crippen LogP contribution < -0.4 is 0 Å². The van der Waals surface area contributed by atoms with Crippen molar-refractivity contribution in [2.75, 3.05) is 13.1 Å². The van der Waals surface area contributed by atoms with Crippen LogP contribution in [0.1, 0.15) is 11.3 Å². The standard InChI is InChI=1S/C12H15NO3S/c1-2-7-13(9-12(15)16)11(14)6-5-10-4-3-8-17-10/h2-4,8H,1,5-7,9H2,(H,15,16). The number of aliphatic carboxylic acids is 1. The quantitative estimate of drug-likeness (QED) is 0.754. The Kier molecular flexibility index (Phi) is 5.42. The van der Waals surface area contributed by atoms with Crippen molar-refractivity contribution in [1.82, 2.24) is 4.90 Å². The van der Waals surface area contributed by atoms with Crippen molar-refractivity contribution in [3.05, 3.63) is 35.0 Å². The number of rotatable bonds is 7. The van der Waals surface area contributed by atoms with Crippen LogP contribution in [-0.4, -0.2) is 35.0 Å². The summed E-state index contributed by atoms with van der Waals surface area (Å²) in [5.41, 5.74) is 0. The number of carboxylic acid groups (broad SMARTS) is 1. The topological polar surface area (TPSA) is 57.6 Å². The van der Waals surface area contributed by atoms with E-state index in [0.717, 1.165) is 4.88 Å². The maximum Gasteiger partial charge on any atom is 0.323 e. The highest BCUT2D eigenvalue weighted by Gasteiger charge is 2.15. The van der Waals surface area contributed by atoms with Gasteiger partial charge in [-0.3, -0.25) is 9.59 Å². The minimum Gasteiger partial charge on any atom is -0.480 e. The van der Waals surface area contributed by atoms with Crippen LogP contribution in [0, 0.1) is 0 Å². The Morgan fingerprint density at radius 3 is 2.82 bits per heavy atom. The summed E-state index contributed by atoms with van der Waals surface area (Å²) >= 11 is 1.60. The minimum absolute atomic E-state index is 0.152. The Balaban J connectivity index is 2.46. The molecule has 1 aromatic heterocycles. The maximum absolute atomic E-state index is 11.8. The summed E-state index contributed by atoms with van der Waals surface area (Å²) in [4.78, 5) is 24.8. The lowest BCUT2D eigenvalue weighted by molar-refractivity contribution is -0.144. The van der Waals surface area contributed by atoms with Crippen LogP contribution in [0.2, 0.25) is 0 Å². The second-order valence-electron chi connectivity index (χ2n) is 3.54. The second-order valence-corrected chi connectivity index (χ2v) is 4.57. The summed E-state index contributed by atoms with van der Waals surface area (Å²) < 4.78 is 0. The largest absolute Gasteiger partial charge is 0.480 e. The molecule has 1 N–H and O–H groups in total. The number of nitrogens with zero attached hydrogens (tertiary/aromatic N) is 1. The molecule has 1 rings (SSSR count). The first-order chi connectivity index (χ1) is 8.13. The van der Waals surface area contributed by atoms with Gasteiger partial charge in [0, 0.05) is 17.8 Å². The molecule has 0 atom stereocenters. The van der Waals surface area contributed by atoms with Crippen molar-refractivity contribution in [3.63, 3.8) is 0 Å². The Bertz CT molecular complexity index is 386. The molecule has 1 heterocycles. The molecule has 0 unspecified atom stereocenters. The van der Waals surface area contributed by atoms with Crippen molar-refractivity contribution in [3.8, 4) is 0 Å². The summed E-state index contributed by atoms with van der Waals surface area (Å²) in [5, 5.41) is 10.6. The number of carbonyl (C=O) groups is 2. The summed E-state index contributed by atoms with van der Waals surface area (Å²) in [7, 11) is 0. The van der Waals surface area contributed by atoms with Gasteiger partial charge in [-0.1, -0.05) is 12.1 Å². The van der Waals surface area contributed by atoms with Crippen LogP contribution in [0.25, 0.3) is 0 Å². The fourth-order valence-corrected chi connectivity index (χ4v) is 2.13. The SMILES string of the molecule is C=CCN(CC(=O)O)C(=O)CCc1cccs1. The number of carboxylic acids is 1. The van der Waals surface area contributed by atoms with Gasteiger partial charge in [-0.15, -0.1) is 17.9 Å². The van der Waals surface area contributed by atoms with Crippen LogP contribution in [-0.2, 0) is 16.0 Å². The summed E-state index contributed by atoms with van der Waals surface area (Å²) in [6.07, 6.45) is 2.53. The molecule has 4 nitrogen and oxygen atoms in total. The van der Waals surface area contributed by atoms with E-state index < -0.39 is 5.97 Å². The van der Waals surface area contributed by atoms with Crippen LogP contribution in [0.4, 0.5) is 0 Å². The van der Waals surface area contributed by atoms with E-state index in [0.29, 0.717) is 12.8 Å². The van der Waals surface area contributed by atoms with Crippen LogP contribution in [0.15, 0.2) is 30.2 Å². The average Bonchev–Trinajstić information content (AvgIpc) is 2.77. The molecule has 17 heavy (non-hydrogen) atoms. The van der Waals surface area contributed by atoms with Gasteiger partial charge in [-0.2, -0.15) is 0 Å². The van der Waals surface area contributed by atoms with E-state index in [1.165, 1.54) is 11.0 Å². The fourth-order valence-electron chi connectivity index (χ4n) is 1.42. The molecule has 0 aliphatic heterocycles. The number of thiophene rings is 1. The van der Waals surface area contributed by atoms with Crippen molar-refractivity contribution in [2.45, 2.75) is 12.8 Å². The molecule has 1 aromatic rings. The van der Waals surface area contributed by atoms with E-state index >= 15 is 0 Å². The van der Waals surface area contributed by atoms with E-state index in [4.69, 9.17) is 5.11 Å². The predicted molar refractivity (Wildman–Crippen MR) is 67.1 cm³/mol. The van der Waals surface area contributed by atoms with Gasteiger partial charge in [-0.25, -0.2) is 0 Å². The Hall–Kier alpha value is -1.62. The second kappa shape index (κ2) is 6.85. The summed E-state index contributed by atoms with van der Waals surface area (Å²) in [6.45, 7) is 3.52. The molecule has 0 aliphatic rings. The van der Waals surface area contributed by atoms with Gasteiger partial charge in [0.15, 0.2) is 0 Å². The van der Waals surface area contributed by atoms with Gasteiger partial charge >= 0.3 is 5.97 Å². The smallest absolute Gasteiger partial charge is 0.323 e. The summed E-state index contributed by atoms with van der Waals surface area (Å²) in [6, 6.07) is 3.90. The van der Waals surface area contributed by atoms with E-state index in [-0.39, 0.29) is 19.0 Å². The molecule has 5 heteroatoms. The molecular weight excluding hydrogens is 238 g/mol. The Morgan fingerprint density at radius 1 is 1.53 bits per heavy atom. The van der Waals surface area contributed by atoms with E-state index in [9.17, 15) is 9.59 Å². The first-order valence-corrected chi connectivity index (χ1v) is 6.14. The van der Waals surface area contributed by atoms with Gasteiger partial charge in [0.1, 0.15) is 6.54 Å². The van der Waals surface area contributed by atoms with Crippen molar-refractivity contribution in [1.29, 1.82) is 0 Å². The minimum atomic E-state index is -1.00. The van der Waals surface area contributed by atoms with Gasteiger partial charge in [0.2, 0.25) is 5.91 Å². The van der Waals surface area contributed by atoms with Crippen LogP contribution >= 0.6 is 11.3 Å². The number of aryl methyl sites for hydroxylation is 1. The normalized spacial score (nSPS) is 9.88. The number of amides is 1. The monoisotopic (exact) mass is 253 g/mol. The van der Waals surface area contributed by atoms with Crippen LogP contribution in [0.3, 0.4) is 0 Å². The lowest BCUT2D eigenvalue weighted by Gasteiger charge is -2.18. The molecule has 0 bridgehead atoms. The number of carbonyl (C=O) groups excluding carboxylic acids is 1. The Labute approximate surface area is 104 Å². The highest BCUT2D eigenvalue weighted by atomic mass is 32.1. The predicted octanol–water partition coefficient (Wildman–Crippen LogP) is 1.78. The van der Waals surface area contributed by atoms with Gasteiger partial charge in [0.25, 0.3) is 0 Å². The van der Waals surface area contributed by atoms with Gasteiger partial charge in [0.05, 0.1) is 0 Å². The van der Waals surface area contributed by atoms with E-state index in [1.54, 1.807) is 11.3 Å². The molecule has 0 saturated heterocycles. The fraction of sp³-hybridized carbons (Fsp3) is 0.333. The van der Waals surface area contributed by atoms with Gasteiger partial charge in [-0.05, 0) is 17.9 Å². The molecule has 0 spiro atoms.